The van der Waals surface area contributed by atoms with Crippen LogP contribution in [0, 0.1) is 0 Å². The molecule has 32 heavy (non-hydrogen) atoms. The Labute approximate surface area is 193 Å². The number of anilines is 1. The number of benzene rings is 1. The minimum absolute atomic E-state index is 0.107. The summed E-state index contributed by atoms with van der Waals surface area (Å²) < 4.78 is 30.4. The Bertz CT molecular complexity index is 1310. The van der Waals surface area contributed by atoms with E-state index in [-0.39, 0.29) is 16.5 Å². The van der Waals surface area contributed by atoms with E-state index in [0.29, 0.717) is 16.1 Å². The highest BCUT2D eigenvalue weighted by atomic mass is 35.5. The maximum absolute atomic E-state index is 12.9. The molecule has 0 spiro atoms. The van der Waals surface area contributed by atoms with Crippen LogP contribution in [0.5, 0.6) is 0 Å². The third-order valence-electron chi connectivity index (χ3n) is 4.95. The molecule has 1 amide bonds. The minimum atomic E-state index is -3.91. The van der Waals surface area contributed by atoms with Gasteiger partial charge in [0, 0.05) is 4.88 Å². The number of ether oxygens (including phenoxy) is 1. The summed E-state index contributed by atoms with van der Waals surface area (Å²) in [4.78, 5) is 34.0. The lowest BCUT2D eigenvalue weighted by Crippen LogP contribution is -2.19. The van der Waals surface area contributed by atoms with Gasteiger partial charge in [0.25, 0.3) is 5.91 Å². The van der Waals surface area contributed by atoms with Crippen LogP contribution in [0.3, 0.4) is 0 Å². The van der Waals surface area contributed by atoms with Gasteiger partial charge in [-0.1, -0.05) is 41.9 Å². The van der Waals surface area contributed by atoms with Crippen molar-refractivity contribution in [1.82, 2.24) is 9.97 Å². The number of thiophene rings is 1. The van der Waals surface area contributed by atoms with Gasteiger partial charge in [-0.15, -0.1) is 11.3 Å². The van der Waals surface area contributed by atoms with Gasteiger partial charge in [-0.25, -0.2) is 23.2 Å². The smallest absolute Gasteiger partial charge is 0.341 e. The number of hydrogen-bond acceptors (Lipinski definition) is 8. The average Bonchev–Trinajstić information content (AvgIpc) is 3.34. The van der Waals surface area contributed by atoms with Gasteiger partial charge in [-0.05, 0) is 30.4 Å². The van der Waals surface area contributed by atoms with Crippen LogP contribution in [0.25, 0.3) is 0 Å². The van der Waals surface area contributed by atoms with Crippen molar-refractivity contribution in [3.05, 3.63) is 68.8 Å². The molecule has 0 saturated heterocycles. The number of carbonyl (C=O) groups is 2. The fourth-order valence-electron chi connectivity index (χ4n) is 3.49. The van der Waals surface area contributed by atoms with Crippen molar-refractivity contribution in [1.29, 1.82) is 0 Å². The Morgan fingerprint density at radius 2 is 1.97 bits per heavy atom. The standard InChI is InChI=1S/C21H18ClN3O5S2/c1-30-20(27)16-13-8-5-9-15(13)31-19(16)25-18(26)17-14(22)10-23-21(24-17)32(28,29)11-12-6-3-2-4-7-12/h2-4,6-7,10H,5,8-9,11H2,1H3,(H,25,26). The summed E-state index contributed by atoms with van der Waals surface area (Å²) >= 11 is 7.40. The lowest BCUT2D eigenvalue weighted by atomic mass is 10.1. The first-order chi connectivity index (χ1) is 15.3. The first-order valence-electron chi connectivity index (χ1n) is 9.63. The quantitative estimate of drug-likeness (QED) is 0.413. The number of nitrogens with zero attached hydrogens (tertiary/aromatic N) is 2. The highest BCUT2D eigenvalue weighted by molar-refractivity contribution is 7.90. The molecule has 0 aliphatic heterocycles. The maximum Gasteiger partial charge on any atom is 0.341 e. The van der Waals surface area contributed by atoms with Crippen molar-refractivity contribution in [2.45, 2.75) is 30.2 Å². The molecule has 0 saturated carbocycles. The van der Waals surface area contributed by atoms with Gasteiger partial charge in [0.1, 0.15) is 5.00 Å². The highest BCUT2D eigenvalue weighted by Gasteiger charge is 2.29. The van der Waals surface area contributed by atoms with Crippen LogP contribution in [0.15, 0.2) is 41.7 Å². The van der Waals surface area contributed by atoms with Crippen LogP contribution in [-0.2, 0) is 33.2 Å². The molecule has 1 aromatic carbocycles. The van der Waals surface area contributed by atoms with E-state index in [0.717, 1.165) is 35.9 Å². The van der Waals surface area contributed by atoms with Gasteiger partial charge in [0.05, 0.1) is 29.6 Å². The second kappa shape index (κ2) is 8.97. The molecule has 8 nitrogen and oxygen atoms in total. The number of aryl methyl sites for hydroxylation is 1. The van der Waals surface area contributed by atoms with E-state index in [9.17, 15) is 18.0 Å². The zero-order valence-electron chi connectivity index (χ0n) is 16.9. The highest BCUT2D eigenvalue weighted by Crippen LogP contribution is 2.39. The van der Waals surface area contributed by atoms with E-state index in [1.54, 1.807) is 30.3 Å². The number of amides is 1. The van der Waals surface area contributed by atoms with Crippen LogP contribution in [-0.4, -0.2) is 37.4 Å². The molecular weight excluding hydrogens is 474 g/mol. The van der Waals surface area contributed by atoms with Crippen LogP contribution in [0.2, 0.25) is 5.02 Å². The topological polar surface area (TPSA) is 115 Å². The molecule has 3 aromatic rings. The molecular formula is C21H18ClN3O5S2. The van der Waals surface area contributed by atoms with Crippen molar-refractivity contribution in [3.8, 4) is 0 Å². The zero-order valence-corrected chi connectivity index (χ0v) is 19.3. The molecule has 2 aromatic heterocycles. The molecule has 0 atom stereocenters. The number of rotatable bonds is 6. The fraction of sp³-hybridized carbons (Fsp3) is 0.238. The van der Waals surface area contributed by atoms with Crippen molar-refractivity contribution < 1.29 is 22.7 Å². The van der Waals surface area contributed by atoms with Gasteiger partial charge >= 0.3 is 5.97 Å². The van der Waals surface area contributed by atoms with Crippen LogP contribution >= 0.6 is 22.9 Å². The van der Waals surface area contributed by atoms with Gasteiger partial charge in [0.15, 0.2) is 5.69 Å². The second-order valence-electron chi connectivity index (χ2n) is 7.10. The summed E-state index contributed by atoms with van der Waals surface area (Å²) in [7, 11) is -2.64. The van der Waals surface area contributed by atoms with Crippen molar-refractivity contribution in [2.24, 2.45) is 0 Å². The van der Waals surface area contributed by atoms with E-state index in [1.807, 2.05) is 0 Å². The monoisotopic (exact) mass is 491 g/mol. The van der Waals surface area contributed by atoms with Crippen LogP contribution in [0.1, 0.15) is 43.3 Å². The summed E-state index contributed by atoms with van der Waals surface area (Å²) in [6.07, 6.45) is 3.55. The molecule has 166 valence electrons. The number of carbonyl (C=O) groups excluding carboxylic acids is 2. The number of aromatic nitrogens is 2. The molecule has 0 fully saturated rings. The summed E-state index contributed by atoms with van der Waals surface area (Å²) in [5.74, 6) is -1.60. The van der Waals surface area contributed by atoms with Gasteiger partial charge < -0.3 is 10.1 Å². The fourth-order valence-corrected chi connectivity index (χ4v) is 6.14. The normalized spacial score (nSPS) is 12.9. The molecule has 1 aliphatic carbocycles. The largest absolute Gasteiger partial charge is 0.465 e. The second-order valence-corrected chi connectivity index (χ2v) is 10.5. The maximum atomic E-state index is 12.9. The third-order valence-corrected chi connectivity index (χ3v) is 7.90. The van der Waals surface area contributed by atoms with Crippen LogP contribution < -0.4 is 5.32 Å². The predicted molar refractivity (Wildman–Crippen MR) is 120 cm³/mol. The molecule has 11 heteroatoms. The minimum Gasteiger partial charge on any atom is -0.465 e. The number of hydrogen-bond donors (Lipinski definition) is 1. The SMILES string of the molecule is COC(=O)c1c(NC(=O)c2nc(S(=O)(=O)Cc3ccccc3)ncc2Cl)sc2c1CCC2. The number of methoxy groups -OCH3 is 1. The van der Waals surface area contributed by atoms with E-state index < -0.39 is 26.9 Å². The van der Waals surface area contributed by atoms with Gasteiger partial charge in [0.2, 0.25) is 15.0 Å². The Hall–Kier alpha value is -2.82. The predicted octanol–water partition coefficient (Wildman–Crippen LogP) is 3.69. The first kappa shape index (κ1) is 22.4. The molecule has 0 bridgehead atoms. The summed E-state index contributed by atoms with van der Waals surface area (Å²) in [6, 6.07) is 8.57. The molecule has 0 unspecified atom stereocenters. The number of esters is 1. The molecule has 2 heterocycles. The Balaban J connectivity index is 1.64. The number of fused-ring (bicyclic) bond motifs is 1. The Kier molecular flexibility index (Phi) is 6.27. The third kappa shape index (κ3) is 4.38. The zero-order chi connectivity index (χ0) is 22.9. The summed E-state index contributed by atoms with van der Waals surface area (Å²) in [5, 5.41) is 2.37. The van der Waals surface area contributed by atoms with E-state index in [4.69, 9.17) is 16.3 Å². The van der Waals surface area contributed by atoms with Crippen molar-refractivity contribution in [2.75, 3.05) is 12.4 Å². The van der Waals surface area contributed by atoms with E-state index >= 15 is 0 Å². The summed E-state index contributed by atoms with van der Waals surface area (Å²) in [6.45, 7) is 0. The number of sulfone groups is 1. The molecule has 0 radical (unpaired) electrons. The average molecular weight is 492 g/mol. The van der Waals surface area contributed by atoms with E-state index in [1.165, 1.54) is 18.4 Å². The van der Waals surface area contributed by atoms with E-state index in [2.05, 4.69) is 15.3 Å². The number of halogens is 1. The number of nitrogens with one attached hydrogen (secondary N) is 1. The van der Waals surface area contributed by atoms with Crippen molar-refractivity contribution in [3.63, 3.8) is 0 Å². The summed E-state index contributed by atoms with van der Waals surface area (Å²) in [5.41, 5.74) is 1.46. The Morgan fingerprint density at radius 3 is 2.69 bits per heavy atom. The van der Waals surface area contributed by atoms with Gasteiger partial charge in [-0.2, -0.15) is 0 Å². The first-order valence-corrected chi connectivity index (χ1v) is 12.5. The van der Waals surface area contributed by atoms with Crippen LogP contribution in [0.4, 0.5) is 5.00 Å². The molecule has 1 N–H and O–H groups in total. The Morgan fingerprint density at radius 1 is 1.22 bits per heavy atom. The van der Waals surface area contributed by atoms with Crippen molar-refractivity contribution >= 4 is 49.7 Å². The molecule has 1 aliphatic rings. The molecule has 4 rings (SSSR count). The van der Waals surface area contributed by atoms with Gasteiger partial charge in [-0.3, -0.25) is 4.79 Å². The lowest BCUT2D eigenvalue weighted by Gasteiger charge is -2.09. The lowest BCUT2D eigenvalue weighted by molar-refractivity contribution is 0.0601.